The van der Waals surface area contributed by atoms with Crippen molar-refractivity contribution in [2.45, 2.75) is 6.54 Å². The second kappa shape index (κ2) is 3.76. The maximum atomic E-state index is 11.0. The normalized spacial score (nSPS) is 9.31. The molecule has 0 atom stereocenters. The fraction of sp³-hybridized carbons (Fsp3) is 0.333. The first kappa shape index (κ1) is 9.33. The third-order valence-electron chi connectivity index (χ3n) is 1.79. The number of carbonyl (C=O) groups excluding carboxylic acids is 1. The summed E-state index contributed by atoms with van der Waals surface area (Å²) in [6, 6.07) is 1.85. The van der Waals surface area contributed by atoms with E-state index in [9.17, 15) is 4.79 Å². The van der Waals surface area contributed by atoms with Gasteiger partial charge in [0, 0.05) is 20.3 Å². The van der Waals surface area contributed by atoms with Gasteiger partial charge in [-0.15, -0.1) is 6.42 Å². The lowest BCUT2D eigenvalue weighted by atomic mass is 10.4. The summed E-state index contributed by atoms with van der Waals surface area (Å²) >= 11 is 0. The molecular formula is C9H11N3O. The molecule has 0 radical (unpaired) electrons. The molecule has 0 bridgehead atoms. The molecular weight excluding hydrogens is 166 g/mol. The van der Waals surface area contributed by atoms with Crippen molar-refractivity contribution < 1.29 is 4.79 Å². The van der Waals surface area contributed by atoms with E-state index in [0.717, 1.165) is 5.69 Å². The number of hydrogen-bond donors (Lipinski definition) is 0. The van der Waals surface area contributed by atoms with E-state index < -0.39 is 0 Å². The van der Waals surface area contributed by atoms with Crippen LogP contribution in [-0.2, 0) is 18.4 Å². The molecule has 1 aromatic heterocycles. The third kappa shape index (κ3) is 2.09. The van der Waals surface area contributed by atoms with Crippen LogP contribution in [0.3, 0.4) is 0 Å². The lowest BCUT2D eigenvalue weighted by molar-refractivity contribution is -0.124. The molecule has 0 saturated heterocycles. The predicted octanol–water partition coefficient (Wildman–Crippen LogP) is 0.0117. The Morgan fingerprint density at radius 1 is 1.85 bits per heavy atom. The van der Waals surface area contributed by atoms with Gasteiger partial charge in [0.05, 0.1) is 12.2 Å². The predicted molar refractivity (Wildman–Crippen MR) is 48.5 cm³/mol. The van der Waals surface area contributed by atoms with Crippen LogP contribution in [0.2, 0.25) is 0 Å². The van der Waals surface area contributed by atoms with Gasteiger partial charge < -0.3 is 4.90 Å². The first-order valence-corrected chi connectivity index (χ1v) is 3.83. The van der Waals surface area contributed by atoms with Crippen molar-refractivity contribution in [1.82, 2.24) is 14.7 Å². The van der Waals surface area contributed by atoms with E-state index >= 15 is 0 Å². The van der Waals surface area contributed by atoms with Crippen LogP contribution < -0.4 is 0 Å². The number of hydrogen-bond acceptors (Lipinski definition) is 2. The maximum Gasteiger partial charge on any atom is 0.298 e. The minimum atomic E-state index is -0.318. The van der Waals surface area contributed by atoms with Crippen LogP contribution in [0.4, 0.5) is 0 Å². The summed E-state index contributed by atoms with van der Waals surface area (Å²) in [4.78, 5) is 12.5. The average Bonchev–Trinajstić information content (AvgIpc) is 2.50. The molecule has 0 aromatic carbocycles. The van der Waals surface area contributed by atoms with Crippen molar-refractivity contribution in [3.05, 3.63) is 18.0 Å². The number of terminal acetylenes is 1. The highest BCUT2D eigenvalue weighted by atomic mass is 16.2. The van der Waals surface area contributed by atoms with E-state index in [0.29, 0.717) is 6.54 Å². The lowest BCUT2D eigenvalue weighted by Gasteiger charge is -2.13. The van der Waals surface area contributed by atoms with Crippen molar-refractivity contribution in [2.24, 2.45) is 7.05 Å². The summed E-state index contributed by atoms with van der Waals surface area (Å²) in [5.74, 6) is 1.74. The summed E-state index contributed by atoms with van der Waals surface area (Å²) < 4.78 is 1.71. The smallest absolute Gasteiger partial charge is 0.298 e. The van der Waals surface area contributed by atoms with Crippen molar-refractivity contribution in [3.63, 3.8) is 0 Å². The molecule has 0 fully saturated rings. The molecule has 1 aromatic rings. The highest BCUT2D eigenvalue weighted by molar-refractivity contribution is 5.92. The van der Waals surface area contributed by atoms with E-state index in [2.05, 4.69) is 11.0 Å². The Morgan fingerprint density at radius 3 is 3.00 bits per heavy atom. The molecule has 1 rings (SSSR count). The van der Waals surface area contributed by atoms with Crippen LogP contribution in [-0.4, -0.2) is 27.6 Å². The molecule has 4 nitrogen and oxygen atoms in total. The van der Waals surface area contributed by atoms with Crippen molar-refractivity contribution >= 4 is 5.91 Å². The Balaban J connectivity index is 2.66. The second-order valence-corrected chi connectivity index (χ2v) is 2.75. The molecule has 0 N–H and O–H groups in total. The van der Waals surface area contributed by atoms with E-state index in [4.69, 9.17) is 6.42 Å². The monoisotopic (exact) mass is 177 g/mol. The Hall–Kier alpha value is -1.76. The Labute approximate surface area is 77.1 Å². The SMILES string of the molecule is C#CC(=O)N(C)Cc1ccnn1C. The van der Waals surface area contributed by atoms with Crippen LogP contribution in [0, 0.1) is 12.3 Å². The highest BCUT2D eigenvalue weighted by Gasteiger charge is 2.07. The summed E-state index contributed by atoms with van der Waals surface area (Å²) in [6.07, 6.45) is 6.66. The largest absolute Gasteiger partial charge is 0.329 e. The average molecular weight is 177 g/mol. The first-order valence-electron chi connectivity index (χ1n) is 3.83. The topological polar surface area (TPSA) is 38.1 Å². The van der Waals surface area contributed by atoms with Gasteiger partial charge in [-0.3, -0.25) is 9.48 Å². The molecule has 1 amide bonds. The van der Waals surface area contributed by atoms with Crippen molar-refractivity contribution in [1.29, 1.82) is 0 Å². The number of aryl methyl sites for hydroxylation is 1. The standard InChI is InChI=1S/C9H11N3O/c1-4-9(13)11(2)7-8-5-6-10-12(8)3/h1,5-6H,7H2,2-3H3. The van der Waals surface area contributed by atoms with E-state index in [-0.39, 0.29) is 5.91 Å². The Bertz CT molecular complexity index is 348. The maximum absolute atomic E-state index is 11.0. The second-order valence-electron chi connectivity index (χ2n) is 2.75. The summed E-state index contributed by atoms with van der Waals surface area (Å²) in [6.45, 7) is 0.486. The minimum absolute atomic E-state index is 0.318. The number of amides is 1. The number of carbonyl (C=O) groups is 1. The number of nitrogens with zero attached hydrogens (tertiary/aromatic N) is 3. The molecule has 0 unspecified atom stereocenters. The van der Waals surface area contributed by atoms with Crippen molar-refractivity contribution in [3.8, 4) is 12.3 Å². The molecule has 68 valence electrons. The molecule has 0 aliphatic heterocycles. The Morgan fingerprint density at radius 2 is 2.54 bits per heavy atom. The zero-order valence-corrected chi connectivity index (χ0v) is 7.69. The van der Waals surface area contributed by atoms with Crippen molar-refractivity contribution in [2.75, 3.05) is 7.05 Å². The molecule has 13 heavy (non-hydrogen) atoms. The van der Waals surface area contributed by atoms with Gasteiger partial charge in [0.1, 0.15) is 0 Å². The van der Waals surface area contributed by atoms with E-state index in [1.54, 1.807) is 17.9 Å². The van der Waals surface area contributed by atoms with Crippen LogP contribution in [0.15, 0.2) is 12.3 Å². The zero-order valence-electron chi connectivity index (χ0n) is 7.69. The molecule has 0 aliphatic rings. The quantitative estimate of drug-likeness (QED) is 0.597. The van der Waals surface area contributed by atoms with Crippen LogP contribution in [0.1, 0.15) is 5.69 Å². The minimum Gasteiger partial charge on any atom is -0.329 e. The number of rotatable bonds is 2. The van der Waals surface area contributed by atoms with E-state index in [1.807, 2.05) is 13.1 Å². The summed E-state index contributed by atoms with van der Waals surface area (Å²) in [5.41, 5.74) is 0.950. The highest BCUT2D eigenvalue weighted by Crippen LogP contribution is 2.00. The van der Waals surface area contributed by atoms with Gasteiger partial charge in [0.15, 0.2) is 0 Å². The number of aromatic nitrogens is 2. The van der Waals surface area contributed by atoms with Gasteiger partial charge in [-0.25, -0.2) is 0 Å². The van der Waals surface area contributed by atoms with Gasteiger partial charge in [0.25, 0.3) is 5.91 Å². The van der Waals surface area contributed by atoms with Gasteiger partial charge in [-0.05, 0) is 12.0 Å². The zero-order chi connectivity index (χ0) is 9.84. The van der Waals surface area contributed by atoms with Crippen LogP contribution >= 0.6 is 0 Å². The lowest BCUT2D eigenvalue weighted by Crippen LogP contribution is -2.25. The Kier molecular flexibility index (Phi) is 2.70. The fourth-order valence-corrected chi connectivity index (χ4v) is 0.981. The summed E-state index contributed by atoms with van der Waals surface area (Å²) in [5, 5.41) is 3.98. The molecule has 4 heteroatoms. The first-order chi connectivity index (χ1) is 6.15. The fourth-order valence-electron chi connectivity index (χ4n) is 0.981. The van der Waals surface area contributed by atoms with Crippen LogP contribution in [0.5, 0.6) is 0 Å². The third-order valence-corrected chi connectivity index (χ3v) is 1.79. The van der Waals surface area contributed by atoms with Gasteiger partial charge in [-0.1, -0.05) is 0 Å². The van der Waals surface area contributed by atoms with E-state index in [1.165, 1.54) is 4.90 Å². The van der Waals surface area contributed by atoms with Gasteiger partial charge in [-0.2, -0.15) is 5.10 Å². The van der Waals surface area contributed by atoms with Gasteiger partial charge >= 0.3 is 0 Å². The molecule has 0 spiro atoms. The van der Waals surface area contributed by atoms with Gasteiger partial charge in [0.2, 0.25) is 0 Å². The molecule has 1 heterocycles. The van der Waals surface area contributed by atoms with Crippen LogP contribution in [0.25, 0.3) is 0 Å². The molecule has 0 saturated carbocycles. The molecule has 0 aliphatic carbocycles. The summed E-state index contributed by atoms with van der Waals surface area (Å²) in [7, 11) is 3.48.